The van der Waals surface area contributed by atoms with E-state index in [-0.39, 0.29) is 17.1 Å². The molecule has 1 aliphatic carbocycles. The maximum atomic E-state index is 13.3. The van der Waals surface area contributed by atoms with Crippen LogP contribution in [-0.2, 0) is 20.0 Å². The van der Waals surface area contributed by atoms with Crippen molar-refractivity contribution in [3.63, 3.8) is 0 Å². The molecule has 1 saturated carbocycles. The quantitative estimate of drug-likeness (QED) is 0.802. The second kappa shape index (κ2) is 7.38. The summed E-state index contributed by atoms with van der Waals surface area (Å²) >= 11 is 0. The molecule has 5 nitrogen and oxygen atoms in total. The third-order valence-corrected chi connectivity index (χ3v) is 9.26. The molecule has 0 aromatic heterocycles. The highest BCUT2D eigenvalue weighted by Gasteiger charge is 2.52. The molecular weight excluding hydrogens is 386 g/mol. The summed E-state index contributed by atoms with van der Waals surface area (Å²) in [4.78, 5) is 15.2. The van der Waals surface area contributed by atoms with Gasteiger partial charge in [-0.3, -0.25) is 4.79 Å². The van der Waals surface area contributed by atoms with E-state index in [1.807, 2.05) is 17.0 Å². The second-order valence-corrected chi connectivity index (χ2v) is 12.9. The zero-order chi connectivity index (χ0) is 21.7. The monoisotopic (exact) mass is 421 g/mol. The summed E-state index contributed by atoms with van der Waals surface area (Å²) in [5.41, 5.74) is 0.547. The molecule has 0 bridgehead atoms. The molecular formula is C23H35NO4S. The first-order valence-corrected chi connectivity index (χ1v) is 12.4. The van der Waals surface area contributed by atoms with Gasteiger partial charge in [-0.05, 0) is 69.1 Å². The Kier molecular flexibility index (Phi) is 5.67. The number of sulfone groups is 1. The highest BCUT2D eigenvalue weighted by molar-refractivity contribution is 7.92. The van der Waals surface area contributed by atoms with Gasteiger partial charge < -0.3 is 10.0 Å². The van der Waals surface area contributed by atoms with Crippen molar-refractivity contribution < 1.29 is 18.3 Å². The zero-order valence-electron chi connectivity index (χ0n) is 18.4. The van der Waals surface area contributed by atoms with Crippen LogP contribution in [0.1, 0.15) is 72.3 Å². The summed E-state index contributed by atoms with van der Waals surface area (Å²) in [6.07, 6.45) is 2.59. The van der Waals surface area contributed by atoms with E-state index in [0.717, 1.165) is 12.1 Å². The van der Waals surface area contributed by atoms with Gasteiger partial charge in [0.15, 0.2) is 9.84 Å². The van der Waals surface area contributed by atoms with Crippen molar-refractivity contribution >= 4 is 21.4 Å². The molecule has 1 N–H and O–H groups in total. The number of anilines is 1. The van der Waals surface area contributed by atoms with E-state index in [4.69, 9.17) is 0 Å². The molecule has 1 amide bonds. The van der Waals surface area contributed by atoms with E-state index >= 15 is 0 Å². The predicted molar refractivity (Wildman–Crippen MR) is 117 cm³/mol. The fraction of sp³-hybridized carbons (Fsp3) is 0.696. The van der Waals surface area contributed by atoms with Crippen LogP contribution in [0, 0.1) is 5.41 Å². The van der Waals surface area contributed by atoms with Crippen molar-refractivity contribution in [2.45, 2.75) is 83.0 Å². The molecule has 1 aromatic carbocycles. The normalized spacial score (nSPS) is 28.5. The van der Waals surface area contributed by atoms with Crippen LogP contribution in [0.4, 0.5) is 5.69 Å². The molecule has 0 unspecified atom stereocenters. The summed E-state index contributed by atoms with van der Waals surface area (Å²) in [6, 6.07) is 8.21. The highest BCUT2D eigenvalue weighted by atomic mass is 32.2. The van der Waals surface area contributed by atoms with Crippen LogP contribution in [0.5, 0.6) is 0 Å². The number of nitrogens with zero attached hydrogens (tertiary/aromatic N) is 1. The minimum atomic E-state index is -3.32. The molecule has 1 saturated heterocycles. The van der Waals surface area contributed by atoms with Gasteiger partial charge >= 0.3 is 0 Å². The summed E-state index contributed by atoms with van der Waals surface area (Å²) in [7, 11) is -3.32. The van der Waals surface area contributed by atoms with Crippen molar-refractivity contribution in [2.24, 2.45) is 5.41 Å². The first-order chi connectivity index (χ1) is 13.3. The number of amides is 1. The number of carbonyl (C=O) groups is 1. The van der Waals surface area contributed by atoms with E-state index in [1.165, 1.54) is 5.56 Å². The van der Waals surface area contributed by atoms with E-state index in [9.17, 15) is 18.3 Å². The van der Waals surface area contributed by atoms with E-state index in [1.54, 1.807) is 13.8 Å². The van der Waals surface area contributed by atoms with Gasteiger partial charge in [-0.1, -0.05) is 32.9 Å². The van der Waals surface area contributed by atoms with Gasteiger partial charge in [0.05, 0.1) is 22.0 Å². The van der Waals surface area contributed by atoms with Crippen LogP contribution < -0.4 is 4.90 Å². The SMILES string of the molecule is CC(C)S(=O)(=O)CC1(O)CCC2(CCN(c3ccc(C(C)(C)C)cc3)C2=O)CC1. The Balaban J connectivity index is 1.70. The van der Waals surface area contributed by atoms with Crippen LogP contribution in [-0.4, -0.2) is 42.6 Å². The van der Waals surface area contributed by atoms with Gasteiger partial charge in [0.2, 0.25) is 5.91 Å². The Bertz CT molecular complexity index is 857. The Morgan fingerprint density at radius 1 is 1.03 bits per heavy atom. The summed E-state index contributed by atoms with van der Waals surface area (Å²) in [6.45, 7) is 10.5. The van der Waals surface area contributed by atoms with Gasteiger partial charge in [0, 0.05) is 12.2 Å². The number of hydrogen-bond acceptors (Lipinski definition) is 4. The van der Waals surface area contributed by atoms with Crippen molar-refractivity contribution in [1.82, 2.24) is 0 Å². The zero-order valence-corrected chi connectivity index (χ0v) is 19.2. The molecule has 6 heteroatoms. The van der Waals surface area contributed by atoms with Gasteiger partial charge in [0.25, 0.3) is 0 Å². The van der Waals surface area contributed by atoms with E-state index < -0.39 is 26.1 Å². The predicted octanol–water partition coefficient (Wildman–Crippen LogP) is 3.84. The lowest BCUT2D eigenvalue weighted by molar-refractivity contribution is -0.130. The van der Waals surface area contributed by atoms with Crippen molar-refractivity contribution in [1.29, 1.82) is 0 Å². The third-order valence-electron chi connectivity index (χ3n) is 6.88. The van der Waals surface area contributed by atoms with Crippen LogP contribution in [0.25, 0.3) is 0 Å². The average Bonchev–Trinajstić information content (AvgIpc) is 2.93. The third kappa shape index (κ3) is 4.38. The van der Waals surface area contributed by atoms with Gasteiger partial charge in [-0.25, -0.2) is 8.42 Å². The molecule has 29 heavy (non-hydrogen) atoms. The van der Waals surface area contributed by atoms with Gasteiger partial charge in [0.1, 0.15) is 0 Å². The number of aliphatic hydroxyl groups is 1. The lowest BCUT2D eigenvalue weighted by Crippen LogP contribution is -2.47. The van der Waals surface area contributed by atoms with Crippen molar-refractivity contribution in [2.75, 3.05) is 17.2 Å². The average molecular weight is 422 g/mol. The highest BCUT2D eigenvalue weighted by Crippen LogP contribution is 2.49. The van der Waals surface area contributed by atoms with E-state index in [2.05, 4.69) is 32.9 Å². The number of carbonyl (C=O) groups excluding carboxylic acids is 1. The number of hydrogen-bond donors (Lipinski definition) is 1. The van der Waals surface area contributed by atoms with Crippen LogP contribution >= 0.6 is 0 Å². The summed E-state index contributed by atoms with van der Waals surface area (Å²) in [5.74, 6) is -0.0883. The second-order valence-electron chi connectivity index (χ2n) is 10.4. The Morgan fingerprint density at radius 2 is 1.59 bits per heavy atom. The molecule has 2 fully saturated rings. The lowest BCUT2D eigenvalue weighted by atomic mass is 9.68. The maximum absolute atomic E-state index is 13.3. The van der Waals surface area contributed by atoms with Crippen molar-refractivity contribution in [3.8, 4) is 0 Å². The standard InChI is InChI=1S/C23H35NO4S/c1-17(2)29(27,28)16-23(26)12-10-22(11-13-23)14-15-24(20(22)25)19-8-6-18(7-9-19)21(3,4)5/h6-9,17,26H,10-16H2,1-5H3. The topological polar surface area (TPSA) is 74.7 Å². The van der Waals surface area contributed by atoms with E-state index in [0.29, 0.717) is 32.2 Å². The minimum Gasteiger partial charge on any atom is -0.389 e. The molecule has 0 radical (unpaired) electrons. The molecule has 2 aliphatic rings. The molecule has 1 aromatic rings. The van der Waals surface area contributed by atoms with Crippen LogP contribution in [0.3, 0.4) is 0 Å². The smallest absolute Gasteiger partial charge is 0.233 e. The first-order valence-electron chi connectivity index (χ1n) is 10.6. The molecule has 3 rings (SSSR count). The van der Waals surface area contributed by atoms with Gasteiger partial charge in [-0.2, -0.15) is 0 Å². The van der Waals surface area contributed by atoms with Gasteiger partial charge in [-0.15, -0.1) is 0 Å². The first kappa shape index (κ1) is 22.3. The fourth-order valence-electron chi connectivity index (χ4n) is 4.55. The van der Waals surface area contributed by atoms with Crippen LogP contribution in [0.15, 0.2) is 24.3 Å². The summed E-state index contributed by atoms with van der Waals surface area (Å²) < 4.78 is 24.6. The fourth-order valence-corrected chi connectivity index (χ4v) is 5.92. The maximum Gasteiger partial charge on any atom is 0.233 e. The van der Waals surface area contributed by atoms with Crippen molar-refractivity contribution in [3.05, 3.63) is 29.8 Å². The molecule has 0 atom stereocenters. The van der Waals surface area contributed by atoms with Crippen LogP contribution in [0.2, 0.25) is 0 Å². The molecule has 162 valence electrons. The number of rotatable bonds is 4. The minimum absolute atomic E-state index is 0.0684. The largest absolute Gasteiger partial charge is 0.389 e. The Hall–Kier alpha value is -1.40. The molecule has 1 heterocycles. The lowest BCUT2D eigenvalue weighted by Gasteiger charge is -2.41. The molecule has 1 spiro atoms. The summed E-state index contributed by atoms with van der Waals surface area (Å²) in [5, 5.41) is 10.4. The number of benzene rings is 1. The molecule has 1 aliphatic heterocycles. The Labute approximate surface area is 175 Å². The Morgan fingerprint density at radius 3 is 2.07 bits per heavy atom.